The molecular weight excluding hydrogens is 292 g/mol. The fraction of sp³-hybridized carbons (Fsp3) is 0.611. The number of methoxy groups -OCH3 is 1. The normalized spacial score (nSPS) is 17.9. The fourth-order valence-electron chi connectivity index (χ4n) is 2.97. The molecule has 1 unspecified atom stereocenters. The lowest BCUT2D eigenvalue weighted by molar-refractivity contribution is -0.122. The van der Waals surface area contributed by atoms with E-state index in [0.717, 1.165) is 37.1 Å². The molecule has 23 heavy (non-hydrogen) atoms. The minimum absolute atomic E-state index is 0.0569. The van der Waals surface area contributed by atoms with Crippen LogP contribution in [-0.4, -0.2) is 48.8 Å². The van der Waals surface area contributed by atoms with E-state index in [0.29, 0.717) is 25.6 Å². The topological polar surface area (TPSA) is 61.8 Å². The molecule has 0 radical (unpaired) electrons. The van der Waals surface area contributed by atoms with Gasteiger partial charge in [0.2, 0.25) is 5.91 Å². The third-order valence-electron chi connectivity index (χ3n) is 4.51. The molecule has 1 saturated heterocycles. The molecule has 1 atom stereocenters. The maximum Gasteiger partial charge on any atom is 0.234 e. The summed E-state index contributed by atoms with van der Waals surface area (Å²) in [5.74, 6) is 0.432. The standard InChI is InChI=1S/C18H28N2O3/c1-14(21)17-7-9-20(10-8-17)12-18(22)19-11-15-3-5-16(6-4-15)13-23-2/h3-6,14,17,21H,7-13H2,1-2H3,(H,19,22). The first-order chi connectivity index (χ1) is 11.1. The maximum absolute atomic E-state index is 12.0. The first-order valence-corrected chi connectivity index (χ1v) is 8.32. The molecule has 0 aromatic heterocycles. The quantitative estimate of drug-likeness (QED) is 0.800. The Balaban J connectivity index is 1.69. The van der Waals surface area contributed by atoms with Gasteiger partial charge in [0, 0.05) is 13.7 Å². The number of ether oxygens (including phenoxy) is 1. The zero-order chi connectivity index (χ0) is 16.7. The van der Waals surface area contributed by atoms with Crippen LogP contribution < -0.4 is 5.32 Å². The van der Waals surface area contributed by atoms with Crippen LogP contribution >= 0.6 is 0 Å². The summed E-state index contributed by atoms with van der Waals surface area (Å²) in [7, 11) is 1.68. The first-order valence-electron chi connectivity index (χ1n) is 8.32. The number of nitrogens with one attached hydrogen (secondary N) is 1. The van der Waals surface area contributed by atoms with Crippen molar-refractivity contribution in [1.29, 1.82) is 0 Å². The van der Waals surface area contributed by atoms with Gasteiger partial charge in [0.15, 0.2) is 0 Å². The van der Waals surface area contributed by atoms with Crippen LogP contribution in [-0.2, 0) is 22.7 Å². The van der Waals surface area contributed by atoms with Crippen LogP contribution in [0, 0.1) is 5.92 Å². The Morgan fingerprint density at radius 1 is 1.30 bits per heavy atom. The molecule has 1 aliphatic rings. The summed E-state index contributed by atoms with van der Waals surface area (Å²) in [5.41, 5.74) is 2.22. The second kappa shape index (κ2) is 9.01. The number of hydrogen-bond acceptors (Lipinski definition) is 4. The largest absolute Gasteiger partial charge is 0.393 e. The number of aliphatic hydroxyl groups is 1. The van der Waals surface area contributed by atoms with Crippen LogP contribution in [0.3, 0.4) is 0 Å². The van der Waals surface area contributed by atoms with Crippen molar-refractivity contribution in [3.05, 3.63) is 35.4 Å². The molecule has 1 amide bonds. The molecule has 128 valence electrons. The minimum Gasteiger partial charge on any atom is -0.393 e. The van der Waals surface area contributed by atoms with Crippen LogP contribution in [0.4, 0.5) is 0 Å². The predicted molar refractivity (Wildman–Crippen MR) is 89.8 cm³/mol. The number of nitrogens with zero attached hydrogens (tertiary/aromatic N) is 1. The number of likely N-dealkylation sites (tertiary alicyclic amines) is 1. The number of benzene rings is 1. The summed E-state index contributed by atoms with van der Waals surface area (Å²) in [6.45, 7) is 5.22. The van der Waals surface area contributed by atoms with Gasteiger partial charge < -0.3 is 15.2 Å². The second-order valence-electron chi connectivity index (χ2n) is 6.38. The third kappa shape index (κ3) is 5.94. The zero-order valence-corrected chi connectivity index (χ0v) is 14.1. The average molecular weight is 320 g/mol. The van der Waals surface area contributed by atoms with Gasteiger partial charge in [-0.3, -0.25) is 9.69 Å². The number of hydrogen-bond donors (Lipinski definition) is 2. The highest BCUT2D eigenvalue weighted by atomic mass is 16.5. The number of amides is 1. The van der Waals surface area contributed by atoms with Gasteiger partial charge in [-0.05, 0) is 49.9 Å². The van der Waals surface area contributed by atoms with Gasteiger partial charge in [0.05, 0.1) is 19.3 Å². The predicted octanol–water partition coefficient (Wildman–Crippen LogP) is 1.54. The van der Waals surface area contributed by atoms with Crippen LogP contribution in [0.5, 0.6) is 0 Å². The Morgan fingerprint density at radius 2 is 1.91 bits per heavy atom. The smallest absolute Gasteiger partial charge is 0.234 e. The van der Waals surface area contributed by atoms with E-state index in [2.05, 4.69) is 10.2 Å². The van der Waals surface area contributed by atoms with Gasteiger partial charge in [-0.1, -0.05) is 24.3 Å². The molecule has 1 aliphatic heterocycles. The zero-order valence-electron chi connectivity index (χ0n) is 14.1. The SMILES string of the molecule is COCc1ccc(CNC(=O)CN2CCC(C(C)O)CC2)cc1. The molecule has 1 fully saturated rings. The highest BCUT2D eigenvalue weighted by Gasteiger charge is 2.23. The Labute approximate surface area is 138 Å². The Bertz CT molecular complexity index is 480. The van der Waals surface area contributed by atoms with Crippen molar-refractivity contribution in [3.8, 4) is 0 Å². The van der Waals surface area contributed by atoms with Crippen molar-refractivity contribution in [2.75, 3.05) is 26.7 Å². The molecule has 0 aliphatic carbocycles. The molecule has 5 heteroatoms. The molecule has 2 rings (SSSR count). The van der Waals surface area contributed by atoms with Crippen LogP contribution in [0.2, 0.25) is 0 Å². The van der Waals surface area contributed by atoms with E-state index in [1.165, 1.54) is 0 Å². The minimum atomic E-state index is -0.243. The lowest BCUT2D eigenvalue weighted by Gasteiger charge is -2.32. The summed E-state index contributed by atoms with van der Waals surface area (Å²) in [5, 5.41) is 12.6. The lowest BCUT2D eigenvalue weighted by atomic mass is 9.92. The Kier molecular flexibility index (Phi) is 7.02. The summed E-state index contributed by atoms with van der Waals surface area (Å²) in [4.78, 5) is 14.2. The molecule has 0 saturated carbocycles. The fourth-order valence-corrected chi connectivity index (χ4v) is 2.97. The number of carbonyl (C=O) groups is 1. The molecule has 1 aromatic rings. The van der Waals surface area contributed by atoms with Crippen molar-refractivity contribution in [2.45, 2.75) is 39.0 Å². The Morgan fingerprint density at radius 3 is 2.48 bits per heavy atom. The summed E-state index contributed by atoms with van der Waals surface area (Å²) >= 11 is 0. The highest BCUT2D eigenvalue weighted by molar-refractivity contribution is 5.78. The van der Waals surface area contributed by atoms with Gasteiger partial charge in [0.1, 0.15) is 0 Å². The van der Waals surface area contributed by atoms with Gasteiger partial charge in [0.25, 0.3) is 0 Å². The number of rotatable bonds is 7. The first kappa shape index (κ1) is 17.9. The molecule has 1 heterocycles. The molecule has 2 N–H and O–H groups in total. The summed E-state index contributed by atoms with van der Waals surface area (Å²) in [6, 6.07) is 8.07. The van der Waals surface area contributed by atoms with Crippen molar-refractivity contribution in [1.82, 2.24) is 10.2 Å². The maximum atomic E-state index is 12.0. The number of piperidine rings is 1. The summed E-state index contributed by atoms with van der Waals surface area (Å²) < 4.78 is 5.08. The number of carbonyl (C=O) groups excluding carboxylic acids is 1. The Hall–Kier alpha value is -1.43. The van der Waals surface area contributed by atoms with Crippen molar-refractivity contribution >= 4 is 5.91 Å². The van der Waals surface area contributed by atoms with Crippen LogP contribution in [0.1, 0.15) is 30.9 Å². The molecule has 5 nitrogen and oxygen atoms in total. The van der Waals surface area contributed by atoms with E-state index in [-0.39, 0.29) is 12.0 Å². The second-order valence-corrected chi connectivity index (χ2v) is 6.38. The van der Waals surface area contributed by atoms with E-state index in [1.54, 1.807) is 7.11 Å². The van der Waals surface area contributed by atoms with Crippen molar-refractivity contribution in [2.24, 2.45) is 5.92 Å². The highest BCUT2D eigenvalue weighted by Crippen LogP contribution is 2.20. The molecule has 0 bridgehead atoms. The van der Waals surface area contributed by atoms with Crippen LogP contribution in [0.15, 0.2) is 24.3 Å². The average Bonchev–Trinajstić information content (AvgIpc) is 2.55. The van der Waals surface area contributed by atoms with Gasteiger partial charge in [-0.15, -0.1) is 0 Å². The van der Waals surface area contributed by atoms with Crippen LogP contribution in [0.25, 0.3) is 0 Å². The van der Waals surface area contributed by atoms with E-state index < -0.39 is 0 Å². The molecule has 1 aromatic carbocycles. The van der Waals surface area contributed by atoms with Crippen molar-refractivity contribution in [3.63, 3.8) is 0 Å². The van der Waals surface area contributed by atoms with Gasteiger partial charge in [-0.25, -0.2) is 0 Å². The van der Waals surface area contributed by atoms with E-state index >= 15 is 0 Å². The third-order valence-corrected chi connectivity index (χ3v) is 4.51. The summed E-state index contributed by atoms with van der Waals surface area (Å²) in [6.07, 6.45) is 1.68. The van der Waals surface area contributed by atoms with Crippen molar-refractivity contribution < 1.29 is 14.6 Å². The van der Waals surface area contributed by atoms with E-state index in [9.17, 15) is 9.90 Å². The van der Waals surface area contributed by atoms with Gasteiger partial charge >= 0.3 is 0 Å². The van der Waals surface area contributed by atoms with Gasteiger partial charge in [-0.2, -0.15) is 0 Å². The number of aliphatic hydroxyl groups excluding tert-OH is 1. The lowest BCUT2D eigenvalue weighted by Crippen LogP contribution is -2.42. The monoisotopic (exact) mass is 320 g/mol. The molecular formula is C18H28N2O3. The van der Waals surface area contributed by atoms with E-state index in [4.69, 9.17) is 4.74 Å². The molecule has 0 spiro atoms. The van der Waals surface area contributed by atoms with E-state index in [1.807, 2.05) is 31.2 Å².